The van der Waals surface area contributed by atoms with E-state index in [4.69, 9.17) is 17.0 Å². The molecule has 4 nitrogen and oxygen atoms in total. The van der Waals surface area contributed by atoms with E-state index in [9.17, 15) is 4.39 Å². The van der Waals surface area contributed by atoms with Crippen LogP contribution in [0.5, 0.6) is 5.75 Å². The third-order valence-electron chi connectivity index (χ3n) is 3.06. The maximum atomic E-state index is 13.5. The highest BCUT2D eigenvalue weighted by Crippen LogP contribution is 2.14. The second-order valence-electron chi connectivity index (χ2n) is 4.86. The van der Waals surface area contributed by atoms with Gasteiger partial charge in [-0.25, -0.2) is 4.39 Å². The van der Waals surface area contributed by atoms with Crippen LogP contribution in [-0.2, 0) is 6.61 Å². The van der Waals surface area contributed by atoms with E-state index in [-0.39, 0.29) is 12.4 Å². The molecule has 0 aliphatic rings. The van der Waals surface area contributed by atoms with Crippen molar-refractivity contribution in [3.8, 4) is 5.75 Å². The van der Waals surface area contributed by atoms with Crippen molar-refractivity contribution in [2.24, 2.45) is 0 Å². The minimum absolute atomic E-state index is 0.193. The lowest BCUT2D eigenvalue weighted by atomic mass is 10.2. The average molecular weight is 344 g/mol. The number of thiocarbonyl (C=S) groups is 1. The van der Waals surface area contributed by atoms with Crippen molar-refractivity contribution >= 4 is 23.5 Å². The van der Waals surface area contributed by atoms with Gasteiger partial charge in [0.25, 0.3) is 0 Å². The molecular weight excluding hydrogens is 325 g/mol. The molecule has 0 aromatic heterocycles. The van der Waals surface area contributed by atoms with Crippen LogP contribution in [-0.4, -0.2) is 17.9 Å². The molecule has 24 heavy (non-hydrogen) atoms. The van der Waals surface area contributed by atoms with Gasteiger partial charge in [0.05, 0.1) is 0 Å². The molecule has 0 heterocycles. The molecule has 2 aromatic carbocycles. The van der Waals surface area contributed by atoms with Crippen molar-refractivity contribution in [1.82, 2.24) is 10.7 Å². The number of hydrazine groups is 1. The van der Waals surface area contributed by atoms with Gasteiger partial charge in [0.1, 0.15) is 18.2 Å². The Balaban J connectivity index is 1.83. The van der Waals surface area contributed by atoms with Gasteiger partial charge in [-0.2, -0.15) is 0 Å². The maximum Gasteiger partial charge on any atom is 0.224 e. The van der Waals surface area contributed by atoms with E-state index in [0.717, 1.165) is 5.56 Å². The number of hydrazone groups is 1. The Morgan fingerprint density at radius 3 is 2.67 bits per heavy atom. The molecule has 2 rings (SSSR count). The van der Waals surface area contributed by atoms with Gasteiger partial charge in [-0.15, -0.1) is 17.1 Å². The standard InChI is InChI=1S/C18H18FN3OS/c1-2-11-20-18(24)22-21-12-14-7-9-16(10-8-14)23-13-15-5-3-4-6-17(15)19/h2-10,12H,1,11,13H2,(H2,20,22,24)/p+1. The summed E-state index contributed by atoms with van der Waals surface area (Å²) in [5, 5.41) is 6.31. The molecule has 6 heteroatoms. The molecule has 0 amide bonds. The number of nitrogens with one attached hydrogen (secondary N) is 3. The Hall–Kier alpha value is -2.73. The normalized spacial score (nSPS) is 10.4. The van der Waals surface area contributed by atoms with Crippen molar-refractivity contribution in [3.63, 3.8) is 0 Å². The lowest BCUT2D eigenvalue weighted by molar-refractivity contribution is -0.500. The number of hydrogen-bond acceptors (Lipinski definition) is 2. The predicted octanol–water partition coefficient (Wildman–Crippen LogP) is 1.47. The zero-order valence-electron chi connectivity index (χ0n) is 13.1. The minimum atomic E-state index is -0.265. The van der Waals surface area contributed by atoms with E-state index in [0.29, 0.717) is 23.0 Å². The SMILES string of the molecule is C=CCNC(=S)N[NH+]=Cc1ccc(OCc2ccccc2F)cc1. The Morgan fingerprint density at radius 1 is 1.21 bits per heavy atom. The summed E-state index contributed by atoms with van der Waals surface area (Å²) in [6.07, 6.45) is 3.49. The monoisotopic (exact) mass is 344 g/mol. The topological polar surface area (TPSA) is 47.3 Å². The average Bonchev–Trinajstić information content (AvgIpc) is 2.60. The molecular formula is C18H19FN3OS+. The largest absolute Gasteiger partial charge is 0.489 e. The van der Waals surface area contributed by atoms with E-state index in [2.05, 4.69) is 22.4 Å². The molecule has 0 saturated carbocycles. The fourth-order valence-corrected chi connectivity index (χ4v) is 1.97. The van der Waals surface area contributed by atoms with Crippen LogP contribution in [0.4, 0.5) is 4.39 Å². The number of ether oxygens (including phenoxy) is 1. The predicted molar refractivity (Wildman–Crippen MR) is 97.2 cm³/mol. The van der Waals surface area contributed by atoms with Gasteiger partial charge in [-0.05, 0) is 42.5 Å². The Bertz CT molecular complexity index is 716. The summed E-state index contributed by atoms with van der Waals surface area (Å²) in [7, 11) is 0. The third kappa shape index (κ3) is 5.81. The van der Waals surface area contributed by atoms with Gasteiger partial charge in [0.15, 0.2) is 6.21 Å². The van der Waals surface area contributed by atoms with E-state index >= 15 is 0 Å². The van der Waals surface area contributed by atoms with Gasteiger partial charge in [-0.1, -0.05) is 24.3 Å². The molecule has 0 aliphatic heterocycles. The lowest BCUT2D eigenvalue weighted by Crippen LogP contribution is -2.82. The summed E-state index contributed by atoms with van der Waals surface area (Å²) in [6, 6.07) is 14.0. The highest BCUT2D eigenvalue weighted by Gasteiger charge is 2.02. The molecule has 0 saturated heterocycles. The second-order valence-corrected chi connectivity index (χ2v) is 5.27. The summed E-state index contributed by atoms with van der Waals surface area (Å²) in [5.41, 5.74) is 4.29. The smallest absolute Gasteiger partial charge is 0.224 e. The fraction of sp³-hybridized carbons (Fsp3) is 0.111. The van der Waals surface area contributed by atoms with Gasteiger partial charge in [0, 0.05) is 17.7 Å². The van der Waals surface area contributed by atoms with Gasteiger partial charge < -0.3 is 10.1 Å². The highest BCUT2D eigenvalue weighted by atomic mass is 32.1. The number of rotatable bonds is 7. The molecule has 0 bridgehead atoms. The van der Waals surface area contributed by atoms with Crippen LogP contribution in [0.2, 0.25) is 0 Å². The number of hydrogen-bond donors (Lipinski definition) is 3. The van der Waals surface area contributed by atoms with E-state index in [1.54, 1.807) is 30.5 Å². The summed E-state index contributed by atoms with van der Waals surface area (Å²) in [6.45, 7) is 4.39. The first-order chi connectivity index (χ1) is 11.7. The molecule has 124 valence electrons. The molecule has 0 radical (unpaired) electrons. The van der Waals surface area contributed by atoms with E-state index in [1.807, 2.05) is 24.3 Å². The fourth-order valence-electron chi connectivity index (χ4n) is 1.83. The van der Waals surface area contributed by atoms with Crippen molar-refractivity contribution in [3.05, 3.63) is 78.1 Å². The third-order valence-corrected chi connectivity index (χ3v) is 3.31. The highest BCUT2D eigenvalue weighted by molar-refractivity contribution is 7.80. The van der Waals surface area contributed by atoms with Gasteiger partial charge in [0.2, 0.25) is 5.11 Å². The Labute approximate surface area is 146 Å². The summed E-state index contributed by atoms with van der Waals surface area (Å²) in [5.74, 6) is 0.408. The van der Waals surface area contributed by atoms with Crippen LogP contribution in [0, 0.1) is 5.82 Å². The summed E-state index contributed by atoms with van der Waals surface area (Å²) in [4.78, 5) is 0. The second kappa shape index (κ2) is 9.42. The Kier molecular flexibility index (Phi) is 6.91. The van der Waals surface area contributed by atoms with E-state index < -0.39 is 0 Å². The first-order valence-electron chi connectivity index (χ1n) is 7.39. The van der Waals surface area contributed by atoms with Crippen LogP contribution in [0.3, 0.4) is 0 Å². The molecule has 0 spiro atoms. The summed E-state index contributed by atoms with van der Waals surface area (Å²) >= 11 is 5.04. The number of halogens is 1. The first kappa shape index (κ1) is 17.6. The van der Waals surface area contributed by atoms with Gasteiger partial charge in [-0.3, -0.25) is 0 Å². The minimum Gasteiger partial charge on any atom is -0.489 e. The lowest BCUT2D eigenvalue weighted by Gasteiger charge is -2.06. The van der Waals surface area contributed by atoms with Crippen molar-refractivity contribution in [2.75, 3.05) is 6.54 Å². The molecule has 0 aliphatic carbocycles. The van der Waals surface area contributed by atoms with Crippen molar-refractivity contribution in [1.29, 1.82) is 0 Å². The van der Waals surface area contributed by atoms with Gasteiger partial charge >= 0.3 is 0 Å². The molecule has 0 unspecified atom stereocenters. The van der Waals surface area contributed by atoms with Crippen LogP contribution in [0.1, 0.15) is 11.1 Å². The first-order valence-corrected chi connectivity index (χ1v) is 7.79. The van der Waals surface area contributed by atoms with Crippen LogP contribution in [0.15, 0.2) is 61.2 Å². The maximum absolute atomic E-state index is 13.5. The Morgan fingerprint density at radius 2 is 1.96 bits per heavy atom. The van der Waals surface area contributed by atoms with E-state index in [1.165, 1.54) is 6.07 Å². The summed E-state index contributed by atoms with van der Waals surface area (Å²) < 4.78 is 19.1. The number of benzene rings is 2. The molecule has 0 fully saturated rings. The molecule has 2 aromatic rings. The quantitative estimate of drug-likeness (QED) is 0.308. The van der Waals surface area contributed by atoms with Crippen LogP contribution in [0.25, 0.3) is 0 Å². The van der Waals surface area contributed by atoms with Crippen LogP contribution < -0.4 is 20.6 Å². The molecule has 0 atom stereocenters. The molecule has 3 N–H and O–H groups in total. The van der Waals surface area contributed by atoms with Crippen molar-refractivity contribution in [2.45, 2.75) is 6.61 Å². The zero-order valence-corrected chi connectivity index (χ0v) is 13.9. The van der Waals surface area contributed by atoms with Crippen LogP contribution >= 0.6 is 12.2 Å². The zero-order chi connectivity index (χ0) is 17.2. The van der Waals surface area contributed by atoms with Crippen molar-refractivity contribution < 1.29 is 14.2 Å².